The molecule has 7 heteroatoms. The van der Waals surface area contributed by atoms with Crippen LogP contribution in [0.5, 0.6) is 0 Å². The summed E-state index contributed by atoms with van der Waals surface area (Å²) in [5.41, 5.74) is 6.09. The summed E-state index contributed by atoms with van der Waals surface area (Å²) in [6, 6.07) is 28.8. The predicted molar refractivity (Wildman–Crippen MR) is 160 cm³/mol. The minimum absolute atomic E-state index is 0.115. The third kappa shape index (κ3) is 5.94. The van der Waals surface area contributed by atoms with Gasteiger partial charge in [0.25, 0.3) is 11.8 Å². The number of hydrogen-bond donors (Lipinski definition) is 2. The molecule has 4 aromatic rings. The van der Waals surface area contributed by atoms with Crippen LogP contribution in [0.3, 0.4) is 0 Å². The molecule has 190 valence electrons. The van der Waals surface area contributed by atoms with Crippen LogP contribution in [0.25, 0.3) is 11.3 Å². The van der Waals surface area contributed by atoms with E-state index in [0.717, 1.165) is 24.1 Å². The lowest BCUT2D eigenvalue weighted by molar-refractivity contribution is -0.112. The fraction of sp³-hybridized carbons (Fsp3) is 0.129. The lowest BCUT2D eigenvalue weighted by atomic mass is 9.93. The molecule has 0 spiro atoms. The molecule has 3 aromatic carbocycles. The van der Waals surface area contributed by atoms with Gasteiger partial charge >= 0.3 is 0 Å². The van der Waals surface area contributed by atoms with E-state index >= 15 is 0 Å². The van der Waals surface area contributed by atoms with Gasteiger partial charge in [0.1, 0.15) is 5.82 Å². The molecule has 1 aliphatic carbocycles. The zero-order valence-corrected chi connectivity index (χ0v) is 23.1. The summed E-state index contributed by atoms with van der Waals surface area (Å²) in [6.07, 6.45) is 5.83. The number of allylic oxidation sites excluding steroid dienone is 2. The van der Waals surface area contributed by atoms with Gasteiger partial charge in [-0.15, -0.1) is 0 Å². The Balaban J connectivity index is 1.24. The van der Waals surface area contributed by atoms with Gasteiger partial charge < -0.3 is 10.6 Å². The molecule has 0 saturated carbocycles. The first-order valence-corrected chi connectivity index (χ1v) is 13.6. The van der Waals surface area contributed by atoms with Crippen LogP contribution in [0.2, 0.25) is 0 Å². The maximum Gasteiger partial charge on any atom is 0.256 e. The van der Waals surface area contributed by atoms with Gasteiger partial charge in [-0.3, -0.25) is 14.3 Å². The lowest BCUT2D eigenvalue weighted by Gasteiger charge is -2.19. The molecular formula is C31H27IN4O2. The molecule has 5 rings (SSSR count). The molecule has 0 fully saturated rings. The van der Waals surface area contributed by atoms with Crippen molar-refractivity contribution in [2.24, 2.45) is 7.05 Å². The second kappa shape index (κ2) is 11.6. The Kier molecular flexibility index (Phi) is 7.83. The van der Waals surface area contributed by atoms with Crippen molar-refractivity contribution in [2.45, 2.75) is 16.8 Å². The molecule has 1 atom stereocenters. The molecule has 0 saturated heterocycles. The van der Waals surface area contributed by atoms with E-state index in [9.17, 15) is 9.59 Å². The number of halogens is 1. The van der Waals surface area contributed by atoms with Gasteiger partial charge in [0.05, 0.1) is 9.62 Å². The highest BCUT2D eigenvalue weighted by Crippen LogP contribution is 2.36. The third-order valence-electron chi connectivity index (χ3n) is 6.41. The Hall–Kier alpha value is -3.98. The van der Waals surface area contributed by atoms with Gasteiger partial charge in [-0.1, -0.05) is 94.9 Å². The summed E-state index contributed by atoms with van der Waals surface area (Å²) >= 11 is 2.45. The number of hydrogen-bond acceptors (Lipinski definition) is 3. The maximum atomic E-state index is 13.0. The number of carbonyl (C=O) groups is 2. The number of nitrogens with zero attached hydrogens (tertiary/aromatic N) is 2. The Labute approximate surface area is 235 Å². The van der Waals surface area contributed by atoms with Gasteiger partial charge in [0.15, 0.2) is 0 Å². The van der Waals surface area contributed by atoms with E-state index in [2.05, 4.69) is 50.5 Å². The number of aryl methyl sites for hydroxylation is 1. The number of nitrogens with one attached hydrogen (secondary N) is 2. The number of aromatic nitrogens is 2. The first-order valence-electron chi connectivity index (χ1n) is 12.4. The van der Waals surface area contributed by atoms with Crippen molar-refractivity contribution in [1.82, 2.24) is 9.78 Å². The monoisotopic (exact) mass is 614 g/mol. The van der Waals surface area contributed by atoms with Crippen LogP contribution in [0.15, 0.2) is 114 Å². The molecule has 0 aliphatic heterocycles. The number of anilines is 2. The quantitative estimate of drug-likeness (QED) is 0.172. The summed E-state index contributed by atoms with van der Waals surface area (Å²) in [5.74, 6) is 0.294. The van der Waals surface area contributed by atoms with E-state index < -0.39 is 0 Å². The van der Waals surface area contributed by atoms with Gasteiger partial charge in [0, 0.05) is 35.5 Å². The molecule has 0 radical (unpaired) electrons. The Morgan fingerprint density at radius 2 is 1.58 bits per heavy atom. The molecule has 1 unspecified atom stereocenters. The van der Waals surface area contributed by atoms with Crippen molar-refractivity contribution < 1.29 is 9.59 Å². The summed E-state index contributed by atoms with van der Waals surface area (Å²) in [6.45, 7) is 0. The summed E-state index contributed by atoms with van der Waals surface area (Å²) in [7, 11) is 1.79. The molecular weight excluding hydrogens is 587 g/mol. The van der Waals surface area contributed by atoms with Crippen LogP contribution < -0.4 is 10.6 Å². The van der Waals surface area contributed by atoms with Crippen molar-refractivity contribution in [3.8, 4) is 11.3 Å². The zero-order valence-electron chi connectivity index (χ0n) is 20.9. The topological polar surface area (TPSA) is 76.0 Å². The second-order valence-corrected chi connectivity index (χ2v) is 10.3. The Bertz CT molecular complexity index is 1510. The minimum Gasteiger partial charge on any atom is -0.322 e. The number of alkyl halides is 1. The first kappa shape index (κ1) is 25.7. The van der Waals surface area contributed by atoms with E-state index in [1.165, 1.54) is 11.1 Å². The van der Waals surface area contributed by atoms with Crippen LogP contribution in [0, 0.1) is 0 Å². The van der Waals surface area contributed by atoms with E-state index in [4.69, 9.17) is 0 Å². The highest BCUT2D eigenvalue weighted by molar-refractivity contribution is 14.1. The van der Waals surface area contributed by atoms with Crippen LogP contribution in [-0.4, -0.2) is 21.6 Å². The Morgan fingerprint density at radius 1 is 0.895 bits per heavy atom. The normalized spacial score (nSPS) is 13.7. The highest BCUT2D eigenvalue weighted by Gasteiger charge is 2.19. The average molecular weight is 614 g/mol. The van der Waals surface area contributed by atoms with E-state index in [0.29, 0.717) is 22.6 Å². The van der Waals surface area contributed by atoms with Crippen molar-refractivity contribution in [3.63, 3.8) is 0 Å². The largest absolute Gasteiger partial charge is 0.322 e. The SMILES string of the molecule is Cn1nc(-c2ccc(NC(=O)C3=CCCC(C(I)c4ccccc4)=C3)cc2)cc1NC(=O)c1ccccc1. The second-order valence-electron chi connectivity index (χ2n) is 9.08. The fourth-order valence-electron chi connectivity index (χ4n) is 4.35. The summed E-state index contributed by atoms with van der Waals surface area (Å²) < 4.78 is 1.88. The van der Waals surface area contributed by atoms with Crippen molar-refractivity contribution in [3.05, 3.63) is 125 Å². The zero-order chi connectivity index (χ0) is 26.5. The molecule has 0 bridgehead atoms. The van der Waals surface area contributed by atoms with E-state index in [-0.39, 0.29) is 15.7 Å². The van der Waals surface area contributed by atoms with Crippen LogP contribution >= 0.6 is 22.6 Å². The number of amides is 2. The molecule has 1 heterocycles. The fourth-order valence-corrected chi connectivity index (χ4v) is 5.26. The molecule has 2 N–H and O–H groups in total. The van der Waals surface area contributed by atoms with Gasteiger partial charge in [-0.2, -0.15) is 5.10 Å². The molecule has 38 heavy (non-hydrogen) atoms. The van der Waals surface area contributed by atoms with Crippen LogP contribution in [-0.2, 0) is 11.8 Å². The summed E-state index contributed by atoms with van der Waals surface area (Å²) in [4.78, 5) is 25.5. The molecule has 2 amide bonds. The van der Waals surface area contributed by atoms with Crippen LogP contribution in [0.1, 0.15) is 32.7 Å². The first-order chi connectivity index (χ1) is 18.5. The smallest absolute Gasteiger partial charge is 0.256 e. The van der Waals surface area contributed by atoms with Crippen molar-refractivity contribution in [2.75, 3.05) is 10.6 Å². The highest BCUT2D eigenvalue weighted by atomic mass is 127. The standard InChI is InChI=1S/C31H27IN4O2/c1-36-28(34-30(37)23-11-6-3-7-12-23)20-27(35-36)21-15-17-26(18-16-21)33-31(38)25-14-8-13-24(19-25)29(32)22-9-4-2-5-10-22/h2-7,9-12,14-20,29H,8,13H2,1H3,(H,33,38)(H,34,37). The molecule has 6 nitrogen and oxygen atoms in total. The van der Waals surface area contributed by atoms with Gasteiger partial charge in [-0.25, -0.2) is 0 Å². The minimum atomic E-state index is -0.190. The molecule has 1 aliphatic rings. The predicted octanol–water partition coefficient (Wildman–Crippen LogP) is 7.10. The van der Waals surface area contributed by atoms with E-state index in [1.807, 2.05) is 78.9 Å². The van der Waals surface area contributed by atoms with Gasteiger partial charge in [-0.05, 0) is 48.7 Å². The van der Waals surface area contributed by atoms with Gasteiger partial charge in [0.2, 0.25) is 0 Å². The van der Waals surface area contributed by atoms with Crippen LogP contribution in [0.4, 0.5) is 11.5 Å². The lowest BCUT2D eigenvalue weighted by Crippen LogP contribution is -2.15. The maximum absolute atomic E-state index is 13.0. The number of benzene rings is 3. The average Bonchev–Trinajstić information content (AvgIpc) is 3.33. The van der Waals surface area contributed by atoms with Crippen molar-refractivity contribution in [1.29, 1.82) is 0 Å². The number of carbonyl (C=O) groups excluding carboxylic acids is 2. The third-order valence-corrected chi connectivity index (χ3v) is 7.93. The Morgan fingerprint density at radius 3 is 2.29 bits per heavy atom. The number of rotatable bonds is 7. The van der Waals surface area contributed by atoms with Crippen molar-refractivity contribution >= 4 is 45.9 Å². The van der Waals surface area contributed by atoms with E-state index in [1.54, 1.807) is 23.9 Å². The summed E-state index contributed by atoms with van der Waals surface area (Å²) in [5, 5.41) is 10.5. The molecule has 1 aromatic heterocycles.